The third-order valence-corrected chi connectivity index (χ3v) is 2.27. The van der Waals surface area contributed by atoms with Crippen molar-refractivity contribution < 1.29 is 14.6 Å². The van der Waals surface area contributed by atoms with Gasteiger partial charge in [-0.25, -0.2) is 0 Å². The Morgan fingerprint density at radius 3 is 2.93 bits per heavy atom. The maximum atomic E-state index is 9.41. The van der Waals surface area contributed by atoms with Gasteiger partial charge in [0, 0.05) is 13.2 Å². The molecule has 0 aliphatic carbocycles. The summed E-state index contributed by atoms with van der Waals surface area (Å²) in [5.74, 6) is 0. The lowest BCUT2D eigenvalue weighted by atomic mass is 10.2. The minimum absolute atomic E-state index is 0.112. The monoisotopic (exact) mass is 203 g/mol. The lowest BCUT2D eigenvalue weighted by Gasteiger charge is -2.14. The zero-order chi connectivity index (χ0) is 10.2. The van der Waals surface area contributed by atoms with Crippen LogP contribution in [0.4, 0.5) is 0 Å². The average Bonchev–Trinajstić information content (AvgIpc) is 2.58. The van der Waals surface area contributed by atoms with Crippen LogP contribution < -0.4 is 5.32 Å². The number of hydrogen-bond donors (Lipinski definition) is 2. The maximum Gasteiger partial charge on any atom is 0.0948 e. The van der Waals surface area contributed by atoms with Gasteiger partial charge < -0.3 is 19.9 Å². The molecule has 0 aromatic rings. The molecule has 1 heterocycles. The first-order valence-corrected chi connectivity index (χ1v) is 5.41. The molecule has 1 saturated heterocycles. The van der Waals surface area contributed by atoms with Crippen LogP contribution in [0.3, 0.4) is 0 Å². The molecule has 14 heavy (non-hydrogen) atoms. The van der Waals surface area contributed by atoms with Gasteiger partial charge in [0.1, 0.15) is 0 Å². The van der Waals surface area contributed by atoms with E-state index in [0.717, 1.165) is 32.6 Å². The molecule has 2 N–H and O–H groups in total. The van der Waals surface area contributed by atoms with E-state index in [4.69, 9.17) is 9.47 Å². The molecule has 0 saturated carbocycles. The van der Waals surface area contributed by atoms with Crippen LogP contribution >= 0.6 is 0 Å². The first-order chi connectivity index (χ1) is 6.84. The van der Waals surface area contributed by atoms with Crippen LogP contribution in [0.2, 0.25) is 0 Å². The van der Waals surface area contributed by atoms with Gasteiger partial charge in [0.05, 0.1) is 25.4 Å². The van der Waals surface area contributed by atoms with Crippen LogP contribution in [0, 0.1) is 0 Å². The van der Waals surface area contributed by atoms with Crippen molar-refractivity contribution in [2.45, 2.75) is 31.9 Å². The van der Waals surface area contributed by atoms with Gasteiger partial charge >= 0.3 is 0 Å². The minimum atomic E-state index is -0.341. The summed E-state index contributed by atoms with van der Waals surface area (Å²) in [5.41, 5.74) is 0. The molecule has 1 fully saturated rings. The molecule has 0 radical (unpaired) electrons. The summed E-state index contributed by atoms with van der Waals surface area (Å²) >= 11 is 0. The summed E-state index contributed by atoms with van der Waals surface area (Å²) in [6.45, 7) is 5.71. The summed E-state index contributed by atoms with van der Waals surface area (Å²) in [5, 5.41) is 12.7. The standard InChI is InChI=1S/C10H21NO3/c1-2-5-13-6-3-4-11-9-7-14-8-10(9)12/h9-12H,2-8H2,1H3. The molecule has 0 spiro atoms. The summed E-state index contributed by atoms with van der Waals surface area (Å²) in [7, 11) is 0. The zero-order valence-electron chi connectivity index (χ0n) is 8.87. The number of aliphatic hydroxyl groups excluding tert-OH is 1. The van der Waals surface area contributed by atoms with E-state index in [1.807, 2.05) is 0 Å². The van der Waals surface area contributed by atoms with Gasteiger partial charge in [-0.3, -0.25) is 0 Å². The smallest absolute Gasteiger partial charge is 0.0948 e. The SMILES string of the molecule is CCCOCCCNC1COCC1O. The fourth-order valence-corrected chi connectivity index (χ4v) is 1.45. The summed E-state index contributed by atoms with van der Waals surface area (Å²) < 4.78 is 10.5. The van der Waals surface area contributed by atoms with Gasteiger partial charge in [0.2, 0.25) is 0 Å². The van der Waals surface area contributed by atoms with Gasteiger partial charge in [-0.1, -0.05) is 6.92 Å². The molecule has 1 aliphatic rings. The van der Waals surface area contributed by atoms with Gasteiger partial charge in [-0.2, -0.15) is 0 Å². The molecule has 0 amide bonds. The van der Waals surface area contributed by atoms with Crippen LogP contribution in [-0.4, -0.2) is 50.2 Å². The van der Waals surface area contributed by atoms with E-state index in [1.165, 1.54) is 0 Å². The van der Waals surface area contributed by atoms with Gasteiger partial charge in [-0.05, 0) is 19.4 Å². The predicted molar refractivity (Wildman–Crippen MR) is 54.3 cm³/mol. The summed E-state index contributed by atoms with van der Waals surface area (Å²) in [6.07, 6.45) is 1.72. The fourth-order valence-electron chi connectivity index (χ4n) is 1.45. The molecule has 0 bridgehead atoms. The highest BCUT2D eigenvalue weighted by Crippen LogP contribution is 2.04. The highest BCUT2D eigenvalue weighted by molar-refractivity contribution is 4.80. The van der Waals surface area contributed by atoms with E-state index >= 15 is 0 Å². The Kier molecular flexibility index (Phi) is 6.10. The lowest BCUT2D eigenvalue weighted by Crippen LogP contribution is -2.39. The number of nitrogens with one attached hydrogen (secondary N) is 1. The Balaban J connectivity index is 1.88. The van der Waals surface area contributed by atoms with E-state index in [-0.39, 0.29) is 12.1 Å². The highest BCUT2D eigenvalue weighted by atomic mass is 16.5. The Hall–Kier alpha value is -0.160. The molecule has 0 aromatic heterocycles. The largest absolute Gasteiger partial charge is 0.389 e. The van der Waals surface area contributed by atoms with Gasteiger partial charge in [0.15, 0.2) is 0 Å². The van der Waals surface area contributed by atoms with Crippen molar-refractivity contribution in [2.75, 3.05) is 33.0 Å². The van der Waals surface area contributed by atoms with Crippen molar-refractivity contribution in [3.05, 3.63) is 0 Å². The molecule has 2 unspecified atom stereocenters. The molecule has 4 nitrogen and oxygen atoms in total. The van der Waals surface area contributed by atoms with Crippen molar-refractivity contribution in [2.24, 2.45) is 0 Å². The van der Waals surface area contributed by atoms with Crippen molar-refractivity contribution in [3.63, 3.8) is 0 Å². The van der Waals surface area contributed by atoms with Crippen molar-refractivity contribution in [3.8, 4) is 0 Å². The molecule has 84 valence electrons. The third kappa shape index (κ3) is 4.37. The first kappa shape index (κ1) is 11.9. The Morgan fingerprint density at radius 2 is 2.29 bits per heavy atom. The predicted octanol–water partition coefficient (Wildman–Crippen LogP) is 0.152. The maximum absolute atomic E-state index is 9.41. The lowest BCUT2D eigenvalue weighted by molar-refractivity contribution is 0.119. The van der Waals surface area contributed by atoms with Crippen LogP contribution in [0.15, 0.2) is 0 Å². The molecule has 2 atom stereocenters. The second kappa shape index (κ2) is 7.17. The van der Waals surface area contributed by atoms with Crippen LogP contribution in [0.1, 0.15) is 19.8 Å². The fraction of sp³-hybridized carbons (Fsp3) is 1.00. The zero-order valence-corrected chi connectivity index (χ0v) is 8.87. The topological polar surface area (TPSA) is 50.7 Å². The number of hydrogen-bond acceptors (Lipinski definition) is 4. The summed E-state index contributed by atoms with van der Waals surface area (Å²) in [6, 6.07) is 0.112. The molecule has 4 heteroatoms. The van der Waals surface area contributed by atoms with Crippen molar-refractivity contribution in [1.82, 2.24) is 5.32 Å². The molecule has 1 rings (SSSR count). The Bertz CT molecular complexity index is 143. The highest BCUT2D eigenvalue weighted by Gasteiger charge is 2.24. The Morgan fingerprint density at radius 1 is 1.43 bits per heavy atom. The molecule has 1 aliphatic heterocycles. The van der Waals surface area contributed by atoms with Gasteiger partial charge in [-0.15, -0.1) is 0 Å². The van der Waals surface area contributed by atoms with Crippen molar-refractivity contribution >= 4 is 0 Å². The van der Waals surface area contributed by atoms with E-state index in [9.17, 15) is 5.11 Å². The minimum Gasteiger partial charge on any atom is -0.389 e. The normalized spacial score (nSPS) is 27.0. The van der Waals surface area contributed by atoms with Crippen LogP contribution in [-0.2, 0) is 9.47 Å². The molecular weight excluding hydrogens is 182 g/mol. The number of ether oxygens (including phenoxy) is 2. The van der Waals surface area contributed by atoms with E-state index in [0.29, 0.717) is 13.2 Å². The average molecular weight is 203 g/mol. The number of aliphatic hydroxyl groups is 1. The van der Waals surface area contributed by atoms with E-state index < -0.39 is 0 Å². The second-order valence-corrected chi connectivity index (χ2v) is 3.63. The second-order valence-electron chi connectivity index (χ2n) is 3.63. The third-order valence-electron chi connectivity index (χ3n) is 2.27. The van der Waals surface area contributed by atoms with Crippen LogP contribution in [0.5, 0.6) is 0 Å². The van der Waals surface area contributed by atoms with Gasteiger partial charge in [0.25, 0.3) is 0 Å². The van der Waals surface area contributed by atoms with Crippen molar-refractivity contribution in [1.29, 1.82) is 0 Å². The number of rotatable bonds is 7. The van der Waals surface area contributed by atoms with E-state index in [2.05, 4.69) is 12.2 Å². The molecular formula is C10H21NO3. The summed E-state index contributed by atoms with van der Waals surface area (Å²) in [4.78, 5) is 0. The van der Waals surface area contributed by atoms with E-state index in [1.54, 1.807) is 0 Å². The Labute approximate surface area is 85.6 Å². The quantitative estimate of drug-likeness (QED) is 0.578. The molecule has 0 aromatic carbocycles. The van der Waals surface area contributed by atoms with Crippen LogP contribution in [0.25, 0.3) is 0 Å². The first-order valence-electron chi connectivity index (χ1n) is 5.41.